The summed E-state index contributed by atoms with van der Waals surface area (Å²) in [6, 6.07) is 0. The van der Waals surface area contributed by atoms with Crippen LogP contribution in [0.1, 0.15) is 12.6 Å². The first kappa shape index (κ1) is 21.6. The van der Waals surface area contributed by atoms with Gasteiger partial charge in [-0.15, -0.1) is 0 Å². The molecule has 8 N–H and O–H groups in total. The molecule has 15 nitrogen and oxygen atoms in total. The van der Waals surface area contributed by atoms with Crippen molar-refractivity contribution in [3.8, 4) is 0 Å². The van der Waals surface area contributed by atoms with Gasteiger partial charge in [-0.2, -0.15) is 9.97 Å². The van der Waals surface area contributed by atoms with Gasteiger partial charge in [-0.25, -0.2) is 19.3 Å². The molecule has 156 valence electrons. The van der Waals surface area contributed by atoms with E-state index in [0.29, 0.717) is 0 Å². The van der Waals surface area contributed by atoms with Crippen LogP contribution in [0, 0.1) is 0 Å². The predicted molar refractivity (Wildman–Crippen MR) is 94.1 cm³/mol. The zero-order valence-electron chi connectivity index (χ0n) is 13.9. The summed E-state index contributed by atoms with van der Waals surface area (Å²) < 4.78 is 23.2. The maximum Gasteiger partial charge on any atom is 0.529 e. The molecule has 1 aliphatic heterocycles. The molecule has 0 aliphatic carbocycles. The SMILES string of the molecule is Nc1nc(N)c2ncn([C@H]3C[C@H](O)[C@@H](COP(=O)(O)[P+]([O-])(O)[PH+]([O-])O)O3)c2n1. The van der Waals surface area contributed by atoms with E-state index in [2.05, 4.69) is 19.5 Å². The van der Waals surface area contributed by atoms with E-state index in [1.807, 2.05) is 0 Å². The second-order valence-electron chi connectivity index (χ2n) is 5.84. The Morgan fingerprint density at radius 1 is 1.50 bits per heavy atom. The summed E-state index contributed by atoms with van der Waals surface area (Å²) in [5, 5.41) is 10.1. The van der Waals surface area contributed by atoms with E-state index in [-0.39, 0.29) is 29.4 Å². The van der Waals surface area contributed by atoms with E-state index in [1.165, 1.54) is 10.9 Å². The minimum Gasteiger partial charge on any atom is -0.626 e. The number of anilines is 2. The summed E-state index contributed by atoms with van der Waals surface area (Å²) >= 11 is 0. The summed E-state index contributed by atoms with van der Waals surface area (Å²) in [4.78, 5) is 61.8. The number of aliphatic hydroxyl groups is 1. The number of nitrogens with zero attached hydrogens (tertiary/aromatic N) is 4. The van der Waals surface area contributed by atoms with E-state index in [4.69, 9.17) is 21.1 Å². The predicted octanol–water partition coefficient (Wildman–Crippen LogP) is -2.73. The van der Waals surface area contributed by atoms with Crippen LogP contribution >= 0.6 is 22.4 Å². The lowest BCUT2D eigenvalue weighted by Crippen LogP contribution is -2.26. The van der Waals surface area contributed by atoms with Crippen LogP contribution in [0.5, 0.6) is 0 Å². The first-order valence-corrected chi connectivity index (χ1v) is 13.7. The average molecular weight is 458 g/mol. The van der Waals surface area contributed by atoms with Crippen molar-refractivity contribution in [1.29, 1.82) is 0 Å². The molecule has 3 rings (SSSR count). The standard InChI is InChI=1S/C10H17N6O9P3/c11-8-7-9(15-10(12)14-8)16(3-13-7)6-1-4(17)5(25-6)2-24-27(20,21)28(22,23)26(18)19/h3-6,17-18,26H,1-2H2,(H,20,21)(H,22,23)(H4,11,12,14,15)/t4-,5+,6+/m0/s1. The molecular formula is C10H17N6O9P3. The van der Waals surface area contributed by atoms with E-state index < -0.39 is 47.5 Å². The number of rotatable bonds is 6. The molecule has 2 aromatic rings. The van der Waals surface area contributed by atoms with Crippen LogP contribution in [0.2, 0.25) is 0 Å². The average Bonchev–Trinajstić information content (AvgIpc) is 3.16. The third-order valence-electron chi connectivity index (χ3n) is 3.98. The van der Waals surface area contributed by atoms with Crippen molar-refractivity contribution >= 4 is 45.4 Å². The molecule has 0 bridgehead atoms. The highest BCUT2D eigenvalue weighted by molar-refractivity contribution is 8.60. The smallest absolute Gasteiger partial charge is 0.529 e. The summed E-state index contributed by atoms with van der Waals surface area (Å²) in [5.74, 6) is -0.0665. The van der Waals surface area contributed by atoms with Gasteiger partial charge in [0.25, 0.3) is 0 Å². The third kappa shape index (κ3) is 3.84. The van der Waals surface area contributed by atoms with Crippen LogP contribution < -0.4 is 21.3 Å². The Hall–Kier alpha value is -1.08. The lowest BCUT2D eigenvalue weighted by atomic mass is 10.2. The summed E-state index contributed by atoms with van der Waals surface area (Å²) in [7, 11) is -14.9. The van der Waals surface area contributed by atoms with Gasteiger partial charge in [-0.1, -0.05) is 0 Å². The number of fused-ring (bicyclic) bond motifs is 1. The zero-order valence-corrected chi connectivity index (χ0v) is 16.7. The zero-order chi connectivity index (χ0) is 20.9. The van der Waals surface area contributed by atoms with Gasteiger partial charge in [0.05, 0.1) is 19.0 Å². The van der Waals surface area contributed by atoms with Crippen molar-refractivity contribution in [3.63, 3.8) is 0 Å². The first-order chi connectivity index (χ1) is 12.9. The number of nitrogen functional groups attached to an aromatic ring is 2. The Balaban J connectivity index is 1.74. The van der Waals surface area contributed by atoms with Gasteiger partial charge in [-0.05, 0) is 0 Å². The lowest BCUT2D eigenvalue weighted by molar-refractivity contribution is -0.200. The van der Waals surface area contributed by atoms with Gasteiger partial charge >= 0.3 is 14.4 Å². The van der Waals surface area contributed by atoms with Crippen molar-refractivity contribution in [3.05, 3.63) is 6.33 Å². The molecule has 0 saturated carbocycles. The van der Waals surface area contributed by atoms with Crippen LogP contribution in [0.25, 0.3) is 11.2 Å². The summed E-state index contributed by atoms with van der Waals surface area (Å²) in [6.45, 7) is -0.781. The summed E-state index contributed by atoms with van der Waals surface area (Å²) in [5.41, 5.74) is 11.8. The lowest BCUT2D eigenvalue weighted by Gasteiger charge is -2.26. The molecule has 0 amide bonds. The number of hydrogen-bond donors (Lipinski definition) is 6. The largest absolute Gasteiger partial charge is 0.626 e. The van der Waals surface area contributed by atoms with Gasteiger partial charge in [0.1, 0.15) is 17.8 Å². The molecule has 2 aromatic heterocycles. The van der Waals surface area contributed by atoms with Gasteiger partial charge in [-0.3, -0.25) is 14.0 Å². The highest BCUT2D eigenvalue weighted by atomic mass is 32.5. The molecule has 1 saturated heterocycles. The fourth-order valence-electron chi connectivity index (χ4n) is 2.56. The van der Waals surface area contributed by atoms with E-state index >= 15 is 0 Å². The molecule has 18 heteroatoms. The monoisotopic (exact) mass is 458 g/mol. The van der Waals surface area contributed by atoms with Crippen LogP contribution in [0.15, 0.2) is 6.33 Å². The molecule has 1 fully saturated rings. The van der Waals surface area contributed by atoms with E-state index in [0.717, 1.165) is 0 Å². The number of ether oxygens (including phenoxy) is 1. The Morgan fingerprint density at radius 3 is 2.82 bits per heavy atom. The topological polar surface area (TPSA) is 258 Å². The number of aromatic nitrogens is 4. The molecule has 28 heavy (non-hydrogen) atoms. The van der Waals surface area contributed by atoms with E-state index in [9.17, 15) is 29.2 Å². The van der Waals surface area contributed by atoms with E-state index in [1.54, 1.807) is 0 Å². The highest BCUT2D eigenvalue weighted by Gasteiger charge is 2.58. The van der Waals surface area contributed by atoms with Crippen LogP contribution in [0.3, 0.4) is 0 Å². The third-order valence-corrected chi connectivity index (χ3v) is 13.4. The van der Waals surface area contributed by atoms with Crippen molar-refractivity contribution < 1.29 is 43.4 Å². The van der Waals surface area contributed by atoms with Crippen molar-refractivity contribution in [2.45, 2.75) is 24.9 Å². The highest BCUT2D eigenvalue weighted by Crippen LogP contribution is 2.92. The van der Waals surface area contributed by atoms with Gasteiger partial charge < -0.3 is 31.1 Å². The van der Waals surface area contributed by atoms with Gasteiger partial charge in [0.15, 0.2) is 11.5 Å². The molecule has 6 atom stereocenters. The van der Waals surface area contributed by atoms with Crippen molar-refractivity contribution in [1.82, 2.24) is 19.5 Å². The molecule has 1 aliphatic rings. The summed E-state index contributed by atoms with van der Waals surface area (Å²) in [6.07, 6.45) is -1.89. The molecule has 0 aromatic carbocycles. The second-order valence-corrected chi connectivity index (χ2v) is 16.0. The minimum absolute atomic E-state index is 0.00753. The molecular weight excluding hydrogens is 441 g/mol. The Labute approximate surface area is 158 Å². The fraction of sp³-hybridized carbons (Fsp3) is 0.500. The van der Waals surface area contributed by atoms with Gasteiger partial charge in [0.2, 0.25) is 14.0 Å². The first-order valence-electron chi connectivity index (χ1n) is 7.57. The fourth-order valence-corrected chi connectivity index (χ4v) is 7.06. The Morgan fingerprint density at radius 2 is 2.18 bits per heavy atom. The Kier molecular flexibility index (Phi) is 5.90. The number of nitrogens with two attached hydrogens (primary N) is 2. The van der Waals surface area contributed by atoms with Crippen LogP contribution in [-0.2, 0) is 13.8 Å². The number of aliphatic hydroxyl groups excluding tert-OH is 1. The second kappa shape index (κ2) is 7.63. The van der Waals surface area contributed by atoms with Crippen molar-refractivity contribution in [2.75, 3.05) is 18.1 Å². The number of hydrogen-bond acceptors (Lipinski definition) is 13. The maximum atomic E-state index is 11.8. The minimum atomic E-state index is -5.36. The molecule has 0 spiro atoms. The van der Waals surface area contributed by atoms with Crippen LogP contribution in [-0.4, -0.2) is 58.1 Å². The quantitative estimate of drug-likeness (QED) is 0.240. The maximum absolute atomic E-state index is 11.8. The van der Waals surface area contributed by atoms with Gasteiger partial charge in [0, 0.05) is 6.42 Å². The van der Waals surface area contributed by atoms with Crippen molar-refractivity contribution in [2.24, 2.45) is 0 Å². The molecule has 3 unspecified atom stereocenters. The molecule has 3 heterocycles. The normalized spacial score (nSPS) is 28.1. The molecule has 0 radical (unpaired) electrons. The Bertz CT molecular complexity index is 925. The number of imidazole rings is 1. The van der Waals surface area contributed by atoms with Crippen LogP contribution in [0.4, 0.5) is 11.8 Å².